The molecule has 10 heteroatoms. The number of carbonyl (C=O) groups excluding carboxylic acids is 2. The van der Waals surface area contributed by atoms with E-state index in [4.69, 9.17) is 0 Å². The third-order valence-electron chi connectivity index (χ3n) is 6.65. The van der Waals surface area contributed by atoms with Crippen LogP contribution >= 0.6 is 0 Å². The Bertz CT molecular complexity index is 1390. The molecular weight excluding hydrogens is 460 g/mol. The van der Waals surface area contributed by atoms with Gasteiger partial charge in [0.05, 0.1) is 10.9 Å². The van der Waals surface area contributed by atoms with Crippen molar-refractivity contribution >= 4 is 28.5 Å². The van der Waals surface area contributed by atoms with Crippen LogP contribution in [-0.4, -0.2) is 42.6 Å². The van der Waals surface area contributed by atoms with Crippen molar-refractivity contribution in [2.24, 2.45) is 5.92 Å². The molecule has 0 radical (unpaired) electrons. The summed E-state index contributed by atoms with van der Waals surface area (Å²) in [7, 11) is 0. The van der Waals surface area contributed by atoms with Crippen molar-refractivity contribution in [2.45, 2.75) is 91.4 Å². The fourth-order valence-corrected chi connectivity index (χ4v) is 4.77. The van der Waals surface area contributed by atoms with E-state index in [1.165, 1.54) is 15.4 Å². The number of amides is 2. The Hall–Kier alpha value is -3.43. The third kappa shape index (κ3) is 5.37. The summed E-state index contributed by atoms with van der Waals surface area (Å²) in [6.07, 6.45) is 6.00. The number of nitrogens with zero attached hydrogens (tertiary/aromatic N) is 4. The summed E-state index contributed by atoms with van der Waals surface area (Å²) in [5, 5.41) is 10.6. The van der Waals surface area contributed by atoms with E-state index in [0.717, 1.165) is 36.8 Å². The summed E-state index contributed by atoms with van der Waals surface area (Å²) in [6.45, 7) is 7.90. The lowest BCUT2D eigenvalue weighted by Crippen LogP contribution is -2.36. The van der Waals surface area contributed by atoms with E-state index in [2.05, 4.69) is 29.6 Å². The monoisotopic (exact) mass is 496 g/mol. The second-order valence-electron chi connectivity index (χ2n) is 10.5. The lowest BCUT2D eigenvalue weighted by atomic mass is 9.95. The maximum absolute atomic E-state index is 13.5. The molecule has 0 atom stereocenters. The van der Waals surface area contributed by atoms with E-state index in [0.29, 0.717) is 28.9 Å². The number of hydrogen-bond acceptors (Lipinski definition) is 5. The Labute approximate surface area is 209 Å². The molecule has 36 heavy (non-hydrogen) atoms. The van der Waals surface area contributed by atoms with Crippen molar-refractivity contribution in [2.75, 3.05) is 0 Å². The topological polar surface area (TPSA) is 120 Å². The average molecular weight is 497 g/mol. The molecule has 0 unspecified atom stereocenters. The smallest absolute Gasteiger partial charge is 0.352 e. The van der Waals surface area contributed by atoms with Crippen molar-refractivity contribution in [1.29, 1.82) is 0 Å². The fourth-order valence-electron chi connectivity index (χ4n) is 4.77. The van der Waals surface area contributed by atoms with Crippen molar-refractivity contribution < 1.29 is 9.59 Å². The Morgan fingerprint density at radius 2 is 1.81 bits per heavy atom. The molecule has 2 N–H and O–H groups in total. The molecule has 0 aliphatic heterocycles. The Balaban J connectivity index is 1.83. The number of carbonyl (C=O) groups is 2. The first-order valence-electron chi connectivity index (χ1n) is 12.9. The molecular formula is C26H36N6O4. The third-order valence-corrected chi connectivity index (χ3v) is 6.65. The molecule has 194 valence electrons. The van der Waals surface area contributed by atoms with E-state index in [-0.39, 0.29) is 41.8 Å². The highest BCUT2D eigenvalue weighted by molar-refractivity contribution is 5.98. The minimum absolute atomic E-state index is 0.0829. The standard InChI is InChI=1S/C26H36N6O4/c1-16(2)12-13-30-24(35)20-11-10-18(23(34)28-19-8-6-5-7-9-19)14-21(20)32-25(30)29-31(26(32)36)15-22(33)27-17(3)4/h10-11,14,16-17,19H,5-9,12-13,15H2,1-4H3,(H,27,33)(H,28,34). The minimum atomic E-state index is -0.531. The molecule has 2 amide bonds. The van der Waals surface area contributed by atoms with Gasteiger partial charge >= 0.3 is 5.69 Å². The van der Waals surface area contributed by atoms with Crippen LogP contribution in [-0.2, 0) is 17.9 Å². The second-order valence-corrected chi connectivity index (χ2v) is 10.5. The van der Waals surface area contributed by atoms with Crippen LogP contribution < -0.4 is 21.9 Å². The number of aryl methyl sites for hydroxylation is 1. The molecule has 1 fully saturated rings. The molecule has 1 aliphatic carbocycles. The van der Waals surface area contributed by atoms with Gasteiger partial charge in [-0.3, -0.25) is 19.0 Å². The first-order valence-corrected chi connectivity index (χ1v) is 12.9. The van der Waals surface area contributed by atoms with Crippen LogP contribution in [0, 0.1) is 5.92 Å². The van der Waals surface area contributed by atoms with Gasteiger partial charge in [-0.15, -0.1) is 5.10 Å². The molecule has 3 aromatic rings. The molecule has 4 rings (SSSR count). The summed E-state index contributed by atoms with van der Waals surface area (Å²) in [5.41, 5.74) is -0.114. The van der Waals surface area contributed by atoms with E-state index < -0.39 is 5.69 Å². The van der Waals surface area contributed by atoms with Gasteiger partial charge in [-0.25, -0.2) is 13.9 Å². The molecule has 1 aliphatic rings. The quantitative estimate of drug-likeness (QED) is 0.496. The Kier molecular flexibility index (Phi) is 7.61. The van der Waals surface area contributed by atoms with E-state index in [1.54, 1.807) is 18.2 Å². The molecule has 10 nitrogen and oxygen atoms in total. The largest absolute Gasteiger partial charge is 0.352 e. The number of hydrogen-bond donors (Lipinski definition) is 2. The number of aromatic nitrogens is 4. The van der Waals surface area contributed by atoms with Crippen molar-refractivity contribution in [3.63, 3.8) is 0 Å². The van der Waals surface area contributed by atoms with Crippen LogP contribution in [0.4, 0.5) is 0 Å². The van der Waals surface area contributed by atoms with E-state index in [9.17, 15) is 19.2 Å². The lowest BCUT2D eigenvalue weighted by molar-refractivity contribution is -0.122. The van der Waals surface area contributed by atoms with Gasteiger partial charge in [0.15, 0.2) is 0 Å². The number of rotatable bonds is 8. The van der Waals surface area contributed by atoms with E-state index in [1.807, 2.05) is 13.8 Å². The minimum Gasteiger partial charge on any atom is -0.352 e. The first kappa shape index (κ1) is 25.7. The Morgan fingerprint density at radius 3 is 2.47 bits per heavy atom. The van der Waals surface area contributed by atoms with E-state index >= 15 is 0 Å². The Morgan fingerprint density at radius 1 is 1.08 bits per heavy atom. The molecule has 0 bridgehead atoms. The normalized spacial score (nSPS) is 14.7. The predicted octanol–water partition coefficient (Wildman–Crippen LogP) is 2.44. The van der Waals surface area contributed by atoms with Crippen molar-refractivity contribution in [3.05, 3.63) is 44.6 Å². The zero-order valence-electron chi connectivity index (χ0n) is 21.5. The summed E-state index contributed by atoms with van der Waals surface area (Å²) in [6, 6.07) is 4.87. The van der Waals surface area contributed by atoms with Gasteiger partial charge in [-0.1, -0.05) is 33.1 Å². The van der Waals surface area contributed by atoms with Crippen LogP contribution in [0.1, 0.15) is 76.6 Å². The average Bonchev–Trinajstić information content (AvgIpc) is 3.14. The summed E-state index contributed by atoms with van der Waals surface area (Å²) >= 11 is 0. The fraction of sp³-hybridized carbons (Fsp3) is 0.577. The van der Waals surface area contributed by atoms with Gasteiger partial charge in [0.25, 0.3) is 11.5 Å². The molecule has 2 heterocycles. The van der Waals surface area contributed by atoms with Gasteiger partial charge in [0.1, 0.15) is 6.54 Å². The highest BCUT2D eigenvalue weighted by Crippen LogP contribution is 2.19. The molecule has 0 saturated heterocycles. The zero-order valence-corrected chi connectivity index (χ0v) is 21.5. The second kappa shape index (κ2) is 10.7. The summed E-state index contributed by atoms with van der Waals surface area (Å²) in [4.78, 5) is 52.3. The van der Waals surface area contributed by atoms with Crippen molar-refractivity contribution in [3.8, 4) is 0 Å². The maximum Gasteiger partial charge on any atom is 0.352 e. The SMILES string of the molecule is CC(C)CCn1c(=O)c2ccc(C(=O)NC3CCCCC3)cc2n2c(=O)n(CC(=O)NC(C)C)nc12. The van der Waals surface area contributed by atoms with Gasteiger partial charge in [0, 0.05) is 24.2 Å². The van der Waals surface area contributed by atoms with Gasteiger partial charge in [-0.05, 0) is 57.2 Å². The maximum atomic E-state index is 13.5. The van der Waals surface area contributed by atoms with Gasteiger partial charge in [-0.2, -0.15) is 0 Å². The molecule has 1 saturated carbocycles. The molecule has 2 aromatic heterocycles. The van der Waals surface area contributed by atoms with Crippen molar-refractivity contribution in [1.82, 2.24) is 29.4 Å². The van der Waals surface area contributed by atoms with Gasteiger partial charge in [0.2, 0.25) is 11.7 Å². The van der Waals surface area contributed by atoms with Crippen LogP contribution in [0.2, 0.25) is 0 Å². The first-order chi connectivity index (χ1) is 17.2. The lowest BCUT2D eigenvalue weighted by Gasteiger charge is -2.22. The number of benzene rings is 1. The number of nitrogens with one attached hydrogen (secondary N) is 2. The zero-order chi connectivity index (χ0) is 26.0. The predicted molar refractivity (Wildman–Crippen MR) is 138 cm³/mol. The van der Waals surface area contributed by atoms with Crippen LogP contribution in [0.5, 0.6) is 0 Å². The molecule has 0 spiro atoms. The van der Waals surface area contributed by atoms with Crippen LogP contribution in [0.3, 0.4) is 0 Å². The number of fused-ring (bicyclic) bond motifs is 3. The van der Waals surface area contributed by atoms with Gasteiger partial charge < -0.3 is 10.6 Å². The summed E-state index contributed by atoms with van der Waals surface area (Å²) in [5.74, 6) is -0.0643. The molecule has 1 aromatic carbocycles. The van der Waals surface area contributed by atoms with Crippen LogP contribution in [0.15, 0.2) is 27.8 Å². The highest BCUT2D eigenvalue weighted by Gasteiger charge is 2.21. The highest BCUT2D eigenvalue weighted by atomic mass is 16.2. The summed E-state index contributed by atoms with van der Waals surface area (Å²) < 4.78 is 3.91. The van der Waals surface area contributed by atoms with Crippen LogP contribution in [0.25, 0.3) is 16.7 Å².